The number of rotatable bonds is 7. The number of benzene rings is 5. The van der Waals surface area contributed by atoms with E-state index in [4.69, 9.17) is 9.47 Å². The molecule has 0 saturated carbocycles. The van der Waals surface area contributed by atoms with Gasteiger partial charge >= 0.3 is 0 Å². The smallest absolute Gasteiger partial charge is 0.265 e. The van der Waals surface area contributed by atoms with E-state index in [1.165, 1.54) is 5.56 Å². The van der Waals surface area contributed by atoms with Gasteiger partial charge < -0.3 is 34.3 Å². The van der Waals surface area contributed by atoms with E-state index < -0.39 is 0 Å². The maximum atomic E-state index is 15.3. The Morgan fingerprint density at radius 3 is 2.37 bits per heavy atom. The lowest BCUT2D eigenvalue weighted by molar-refractivity contribution is 0.0535. The van der Waals surface area contributed by atoms with Crippen molar-refractivity contribution in [2.45, 2.75) is 25.4 Å². The number of phenols is 1. The summed E-state index contributed by atoms with van der Waals surface area (Å²) in [5.74, 6) is 0.842. The number of aromatic nitrogens is 1. The Balaban J connectivity index is 1.08. The third kappa shape index (κ3) is 6.42. The highest BCUT2D eigenvalue weighted by atomic mass is 16.7. The van der Waals surface area contributed by atoms with Gasteiger partial charge in [-0.05, 0) is 91.2 Å². The van der Waals surface area contributed by atoms with E-state index in [0.717, 1.165) is 85.5 Å². The van der Waals surface area contributed by atoms with Gasteiger partial charge in [-0.15, -0.1) is 0 Å². The molecule has 0 unspecified atom stereocenters. The predicted octanol–water partition coefficient (Wildman–Crippen LogP) is 6.83. The van der Waals surface area contributed by atoms with Crippen LogP contribution in [0.3, 0.4) is 0 Å². The molecule has 1 aromatic heterocycles. The van der Waals surface area contributed by atoms with Gasteiger partial charge in [-0.2, -0.15) is 0 Å². The third-order valence-electron chi connectivity index (χ3n) is 12.0. The van der Waals surface area contributed by atoms with Gasteiger partial charge in [-0.1, -0.05) is 42.5 Å². The van der Waals surface area contributed by atoms with Crippen molar-refractivity contribution >= 4 is 39.8 Å². The molecule has 0 radical (unpaired) electrons. The second-order valence-corrected chi connectivity index (χ2v) is 15.5. The lowest BCUT2D eigenvalue weighted by atomic mass is 9.92. The number of phenolic OH excluding ortho intramolecular Hbond substituents is 1. The summed E-state index contributed by atoms with van der Waals surface area (Å²) in [4.78, 5) is 39.0. The van der Waals surface area contributed by atoms with Crippen molar-refractivity contribution in [1.82, 2.24) is 19.3 Å². The minimum atomic E-state index is -0.241. The number of nitrogens with zero attached hydrogens (tertiary/aromatic N) is 5. The first-order chi connectivity index (χ1) is 27.9. The third-order valence-corrected chi connectivity index (χ3v) is 12.0. The molecule has 1 saturated heterocycles. The van der Waals surface area contributed by atoms with E-state index >= 15 is 9.59 Å². The van der Waals surface area contributed by atoms with Gasteiger partial charge in [0.25, 0.3) is 11.8 Å². The number of aromatic hydroxyl groups is 1. The monoisotopic (exact) mass is 760 g/mol. The SMILES string of the molecule is CN1CCN(C[C@@H]2Cc3ccccc3CN2C(=O)c2cc3c(cc2-n2cc(C(=O)N(c4ccc(O)cc4)c4ccc5c(c4)CCN5)c4ccccc42)OCO3)CC1. The van der Waals surface area contributed by atoms with Crippen LogP contribution < -0.4 is 19.7 Å². The van der Waals surface area contributed by atoms with E-state index in [1.54, 1.807) is 29.2 Å². The number of anilines is 3. The fourth-order valence-electron chi connectivity index (χ4n) is 8.86. The van der Waals surface area contributed by atoms with Gasteiger partial charge in [0.15, 0.2) is 11.5 Å². The zero-order valence-electron chi connectivity index (χ0n) is 31.9. The van der Waals surface area contributed by atoms with Crippen molar-refractivity contribution in [1.29, 1.82) is 0 Å². The number of para-hydroxylation sites is 1. The van der Waals surface area contributed by atoms with Gasteiger partial charge in [0.1, 0.15) is 5.75 Å². The number of ether oxygens (including phenoxy) is 2. The second kappa shape index (κ2) is 14.3. The first-order valence-corrected chi connectivity index (χ1v) is 19.7. The molecule has 6 aromatic rings. The molecule has 1 fully saturated rings. The Hall–Kier alpha value is -6.30. The average molecular weight is 761 g/mol. The summed E-state index contributed by atoms with van der Waals surface area (Å²) < 4.78 is 13.7. The zero-order valence-corrected chi connectivity index (χ0v) is 31.9. The highest BCUT2D eigenvalue weighted by Gasteiger charge is 2.35. The van der Waals surface area contributed by atoms with E-state index in [0.29, 0.717) is 40.5 Å². The maximum absolute atomic E-state index is 15.3. The summed E-state index contributed by atoms with van der Waals surface area (Å²) in [7, 11) is 2.16. The van der Waals surface area contributed by atoms with Crippen molar-refractivity contribution < 1.29 is 24.2 Å². The Bertz CT molecular complexity index is 2520. The van der Waals surface area contributed by atoms with Gasteiger partial charge in [0.2, 0.25) is 6.79 Å². The van der Waals surface area contributed by atoms with E-state index in [9.17, 15) is 5.11 Å². The van der Waals surface area contributed by atoms with Crippen LogP contribution in [0.1, 0.15) is 37.4 Å². The standard InChI is InChI=1S/C46H44N6O5/c1-48-18-20-49(21-19-48)27-35-22-30-6-2-3-7-32(30)26-50(35)45(54)38-24-43-44(57-29-56-43)25-42(38)51-28-39(37-8-4-5-9-41(37)51)46(55)52(33-10-13-36(53)14-11-33)34-12-15-40-31(23-34)16-17-47-40/h2-15,23-25,28,35,47,53H,16-22,26-27,29H2,1H3/t35-/m0/s1. The summed E-state index contributed by atoms with van der Waals surface area (Å²) in [6.07, 6.45) is 3.47. The van der Waals surface area contributed by atoms with Gasteiger partial charge in [-0.25, -0.2) is 0 Å². The lowest BCUT2D eigenvalue weighted by Crippen LogP contribution is -2.53. The lowest BCUT2D eigenvalue weighted by Gasteiger charge is -2.41. The fourth-order valence-corrected chi connectivity index (χ4v) is 8.86. The van der Waals surface area contributed by atoms with Crippen molar-refractivity contribution in [3.05, 3.63) is 137 Å². The number of carbonyl (C=O) groups excluding carboxylic acids is 2. The van der Waals surface area contributed by atoms with Crippen LogP contribution in [0.5, 0.6) is 17.2 Å². The molecule has 0 spiro atoms. The summed E-state index contributed by atoms with van der Waals surface area (Å²) >= 11 is 0. The normalized spacial score (nSPS) is 17.6. The molecule has 2 amide bonds. The Kier molecular flexibility index (Phi) is 8.83. The molecule has 4 aliphatic heterocycles. The van der Waals surface area contributed by atoms with Crippen molar-refractivity contribution in [2.75, 3.05) is 63.3 Å². The van der Waals surface area contributed by atoms with Crippen LogP contribution in [0.2, 0.25) is 0 Å². The Morgan fingerprint density at radius 1 is 0.807 bits per heavy atom. The quantitative estimate of drug-likeness (QED) is 0.183. The molecule has 11 nitrogen and oxygen atoms in total. The number of hydrogen-bond acceptors (Lipinski definition) is 8. The van der Waals surface area contributed by atoms with Gasteiger partial charge in [0, 0.05) is 86.6 Å². The first-order valence-electron chi connectivity index (χ1n) is 19.7. The van der Waals surface area contributed by atoms with Crippen LogP contribution in [-0.4, -0.2) is 95.3 Å². The molecular weight excluding hydrogens is 717 g/mol. The summed E-state index contributed by atoms with van der Waals surface area (Å²) in [6.45, 7) is 6.10. The molecule has 10 rings (SSSR count). The van der Waals surface area contributed by atoms with E-state index in [1.807, 2.05) is 70.3 Å². The van der Waals surface area contributed by atoms with E-state index in [2.05, 4.69) is 46.4 Å². The number of likely N-dealkylation sites (N-methyl/N-ethyl adjacent to an activating group) is 1. The molecule has 5 aromatic carbocycles. The van der Waals surface area contributed by atoms with Gasteiger partial charge in [0.05, 0.1) is 22.3 Å². The summed E-state index contributed by atoms with van der Waals surface area (Å²) in [5, 5.41) is 14.3. The number of fused-ring (bicyclic) bond motifs is 4. The molecule has 0 aliphatic carbocycles. The molecule has 5 heterocycles. The Morgan fingerprint density at radius 2 is 1.54 bits per heavy atom. The fraction of sp³-hybridized carbons (Fsp3) is 0.261. The van der Waals surface area contributed by atoms with Crippen LogP contribution in [0.15, 0.2) is 109 Å². The summed E-state index contributed by atoms with van der Waals surface area (Å²) in [5.41, 5.74) is 8.31. The molecule has 0 bridgehead atoms. The largest absolute Gasteiger partial charge is 0.508 e. The minimum absolute atomic E-state index is 0.0333. The van der Waals surface area contributed by atoms with E-state index in [-0.39, 0.29) is 30.4 Å². The molecule has 1 atom stereocenters. The van der Waals surface area contributed by atoms with Crippen LogP contribution in [0.25, 0.3) is 16.6 Å². The summed E-state index contributed by atoms with van der Waals surface area (Å²) in [6, 6.07) is 32.6. The molecule has 288 valence electrons. The average Bonchev–Trinajstić information content (AvgIpc) is 4.00. The van der Waals surface area contributed by atoms with Crippen molar-refractivity contribution in [2.24, 2.45) is 0 Å². The number of hydrogen-bond donors (Lipinski definition) is 2. The zero-order chi connectivity index (χ0) is 38.6. The topological polar surface area (TPSA) is 103 Å². The van der Waals surface area contributed by atoms with Crippen molar-refractivity contribution in [3.8, 4) is 22.9 Å². The molecule has 4 aliphatic rings. The van der Waals surface area contributed by atoms with Crippen LogP contribution >= 0.6 is 0 Å². The Labute approximate surface area is 331 Å². The van der Waals surface area contributed by atoms with Crippen LogP contribution in [0.4, 0.5) is 17.1 Å². The van der Waals surface area contributed by atoms with Crippen LogP contribution in [-0.2, 0) is 19.4 Å². The number of nitrogens with one attached hydrogen (secondary N) is 1. The minimum Gasteiger partial charge on any atom is -0.508 e. The highest BCUT2D eigenvalue weighted by molar-refractivity contribution is 6.18. The highest BCUT2D eigenvalue weighted by Crippen LogP contribution is 2.41. The predicted molar refractivity (Wildman–Crippen MR) is 220 cm³/mol. The van der Waals surface area contributed by atoms with Crippen molar-refractivity contribution in [3.63, 3.8) is 0 Å². The molecule has 2 N–H and O–H groups in total. The number of carbonyl (C=O) groups is 2. The molecule has 57 heavy (non-hydrogen) atoms. The number of amides is 2. The van der Waals surface area contributed by atoms with Gasteiger partial charge in [-0.3, -0.25) is 19.4 Å². The maximum Gasteiger partial charge on any atom is 0.265 e. The first kappa shape index (κ1) is 35.1. The second-order valence-electron chi connectivity index (χ2n) is 15.5. The molecule has 11 heteroatoms. The molecular formula is C46H44N6O5. The van der Waals surface area contributed by atoms with Crippen LogP contribution in [0, 0.1) is 0 Å². The number of piperazine rings is 1.